The second kappa shape index (κ2) is 16.7. The summed E-state index contributed by atoms with van der Waals surface area (Å²) in [6, 6.07) is 64.6. The zero-order valence-electron chi connectivity index (χ0n) is 30.1. The Hall–Kier alpha value is -4.48. The van der Waals surface area contributed by atoms with Gasteiger partial charge in [0.2, 0.25) is 0 Å². The number of hydrogen-bond acceptors (Lipinski definition) is 0. The van der Waals surface area contributed by atoms with Gasteiger partial charge in [-0.1, -0.05) is 192 Å². The van der Waals surface area contributed by atoms with Crippen molar-refractivity contribution >= 4 is 69.2 Å². The topological polar surface area (TPSA) is 0 Å². The van der Waals surface area contributed by atoms with Gasteiger partial charge < -0.3 is 0 Å². The normalized spacial score (nSPS) is 11.3. The number of benzene rings is 8. The first-order chi connectivity index (χ1) is 25.9. The van der Waals surface area contributed by atoms with Gasteiger partial charge in [0.1, 0.15) is 0 Å². The minimum atomic E-state index is -1.19. The molecular formula is C48H40CuF2P2. The predicted octanol–water partition coefficient (Wildman–Crippen LogP) is 11.2. The van der Waals surface area contributed by atoms with Crippen LogP contribution in [0, 0.1) is 27.7 Å². The van der Waals surface area contributed by atoms with Gasteiger partial charge in [0.05, 0.1) is 0 Å². The molecule has 8 aromatic rings. The van der Waals surface area contributed by atoms with Gasteiger partial charge in [-0.25, -0.2) is 0 Å². The fourth-order valence-electron chi connectivity index (χ4n) is 7.05. The number of halogens is 2. The molecular weight excluding hydrogens is 740 g/mol. The van der Waals surface area contributed by atoms with Gasteiger partial charge in [-0.3, -0.25) is 0 Å². The van der Waals surface area contributed by atoms with Gasteiger partial charge in [0, 0.05) is 0 Å². The summed E-state index contributed by atoms with van der Waals surface area (Å²) in [7, 11) is -1.77. The molecule has 0 spiro atoms. The van der Waals surface area contributed by atoms with Crippen LogP contribution in [0.15, 0.2) is 170 Å². The van der Waals surface area contributed by atoms with E-state index in [4.69, 9.17) is 0 Å². The molecule has 267 valence electrons. The average molecular weight is 780 g/mol. The Labute approximate surface area is 321 Å². The zero-order chi connectivity index (χ0) is 36.9. The molecule has 0 bridgehead atoms. The molecule has 8 rings (SSSR count). The quantitative estimate of drug-likeness (QED) is 0.112. The van der Waals surface area contributed by atoms with E-state index in [1.165, 1.54) is 86.8 Å². The van der Waals surface area contributed by atoms with E-state index in [0.717, 1.165) is 0 Å². The summed E-state index contributed by atoms with van der Waals surface area (Å²) < 4.78 is 19.1. The summed E-state index contributed by atoms with van der Waals surface area (Å²) in [4.78, 5) is 0. The van der Waals surface area contributed by atoms with Crippen molar-refractivity contribution < 1.29 is 23.0 Å². The van der Waals surface area contributed by atoms with Gasteiger partial charge in [-0.2, -0.15) is 0 Å². The van der Waals surface area contributed by atoms with Gasteiger partial charge in [-0.05, 0) is 108 Å². The maximum absolute atomic E-state index is 9.53. The molecule has 0 aliphatic carbocycles. The molecule has 0 saturated heterocycles. The van der Waals surface area contributed by atoms with E-state index in [-0.39, 0.29) is 0 Å². The molecule has 0 heterocycles. The van der Waals surface area contributed by atoms with Crippen molar-refractivity contribution in [2.45, 2.75) is 27.7 Å². The molecule has 0 unspecified atom stereocenters. The molecule has 0 radical (unpaired) electrons. The minimum absolute atomic E-state index is 0.885. The first kappa shape index (κ1) is 36.9. The van der Waals surface area contributed by atoms with Gasteiger partial charge in [0.25, 0.3) is 0 Å². The molecule has 0 amide bonds. The molecule has 5 heteroatoms. The van der Waals surface area contributed by atoms with Crippen LogP contribution >= 0.6 is 15.8 Å². The number of fused-ring (bicyclic) bond motifs is 2. The summed E-state index contributed by atoms with van der Waals surface area (Å²) in [5, 5.41) is 13.4. The third kappa shape index (κ3) is 7.92. The number of rotatable bonds is 7. The van der Waals surface area contributed by atoms with Crippen LogP contribution in [0.3, 0.4) is 0 Å². The summed E-state index contributed by atoms with van der Waals surface area (Å²) >= 11 is -1.19. The molecule has 0 fully saturated rings. The summed E-state index contributed by atoms with van der Waals surface area (Å²) in [5.41, 5.74) is 7.84. The van der Waals surface area contributed by atoms with Crippen LogP contribution < -0.4 is 31.8 Å². The Morgan fingerprint density at radius 2 is 0.604 bits per heavy atom. The molecule has 0 N–H and O–H groups in total. The van der Waals surface area contributed by atoms with Gasteiger partial charge in [-0.15, -0.1) is 0 Å². The van der Waals surface area contributed by atoms with Gasteiger partial charge in [0.15, 0.2) is 0 Å². The van der Waals surface area contributed by atoms with Crippen LogP contribution in [0.2, 0.25) is 0 Å². The first-order valence-corrected chi connectivity index (χ1v) is 21.0. The Kier molecular flexibility index (Phi) is 11.6. The molecule has 0 aliphatic heterocycles. The molecule has 53 heavy (non-hydrogen) atoms. The van der Waals surface area contributed by atoms with Crippen LogP contribution in [0.1, 0.15) is 22.3 Å². The van der Waals surface area contributed by atoms with Crippen molar-refractivity contribution in [2.75, 3.05) is 0 Å². The molecule has 0 atom stereocenters. The van der Waals surface area contributed by atoms with E-state index in [2.05, 4.69) is 198 Å². The molecule has 0 aliphatic rings. The van der Waals surface area contributed by atoms with Crippen LogP contribution in [0.25, 0.3) is 32.7 Å². The van der Waals surface area contributed by atoms with E-state index in [1.807, 2.05) is 0 Å². The summed E-state index contributed by atoms with van der Waals surface area (Å²) in [6.07, 6.45) is 0. The third-order valence-electron chi connectivity index (χ3n) is 9.71. The SMILES string of the molecule is Cc1ccc(P(c2ccc(C)cc2)c2ccc3ccccc3c2-c2c(P(c3ccc(C)cc3)c3ccc(C)cc3)ccc3ccccc23)cc1.[F][Cu][F]. The van der Waals surface area contributed by atoms with E-state index < -0.39 is 31.7 Å². The van der Waals surface area contributed by atoms with E-state index in [9.17, 15) is 7.10 Å². The van der Waals surface area contributed by atoms with Crippen LogP contribution in [-0.4, -0.2) is 0 Å². The summed E-state index contributed by atoms with van der Waals surface area (Å²) in [6.45, 7) is 8.72. The molecule has 0 saturated carbocycles. The van der Waals surface area contributed by atoms with Crippen molar-refractivity contribution in [2.24, 2.45) is 0 Å². The average Bonchev–Trinajstić information content (AvgIpc) is 3.18. The zero-order valence-corrected chi connectivity index (χ0v) is 32.8. The molecule has 0 nitrogen and oxygen atoms in total. The van der Waals surface area contributed by atoms with Crippen LogP contribution in [-0.2, 0) is 15.9 Å². The van der Waals surface area contributed by atoms with Crippen molar-refractivity contribution in [3.63, 3.8) is 0 Å². The second-order valence-corrected chi connectivity index (χ2v) is 17.9. The molecule has 0 aromatic heterocycles. The number of aryl methyl sites for hydroxylation is 4. The van der Waals surface area contributed by atoms with Crippen molar-refractivity contribution in [1.82, 2.24) is 0 Å². The fraction of sp³-hybridized carbons (Fsp3) is 0.0833. The Bertz CT molecular complexity index is 2210. The monoisotopic (exact) mass is 779 g/mol. The van der Waals surface area contributed by atoms with Crippen LogP contribution in [0.5, 0.6) is 0 Å². The van der Waals surface area contributed by atoms with Crippen LogP contribution in [0.4, 0.5) is 7.10 Å². The van der Waals surface area contributed by atoms with Crippen molar-refractivity contribution in [3.8, 4) is 11.1 Å². The van der Waals surface area contributed by atoms with Crippen molar-refractivity contribution in [3.05, 3.63) is 192 Å². The third-order valence-corrected chi connectivity index (χ3v) is 14.7. The number of hydrogen-bond donors (Lipinski definition) is 0. The van der Waals surface area contributed by atoms with Crippen molar-refractivity contribution in [1.29, 1.82) is 0 Å². The predicted molar refractivity (Wildman–Crippen MR) is 225 cm³/mol. The first-order valence-electron chi connectivity index (χ1n) is 17.6. The molecule has 8 aromatic carbocycles. The van der Waals surface area contributed by atoms with E-state index >= 15 is 0 Å². The second-order valence-electron chi connectivity index (χ2n) is 13.4. The Morgan fingerprint density at radius 3 is 0.887 bits per heavy atom. The maximum atomic E-state index is 9.53. The standard InChI is InChI=1S/C48H40P2.Cu.2FH/c1-33-13-23-39(24-14-33)49(40-25-15-34(2)16-26-40)45-31-21-37-9-5-7-11-43(37)47(45)48-44-12-8-6-10-38(44)22-32-46(48)50(41-27-17-35(3)18-28-41)42-29-19-36(4)20-30-42;;;/h5-32H,1-4H3;;2*1H/q;+2;;/p-2. The fourth-order valence-corrected chi connectivity index (χ4v) is 11.9. The summed E-state index contributed by atoms with van der Waals surface area (Å²) in [5.74, 6) is 0. The van der Waals surface area contributed by atoms with Gasteiger partial charge >= 0.3 is 23.0 Å². The van der Waals surface area contributed by atoms with E-state index in [1.54, 1.807) is 0 Å². The Balaban J connectivity index is 0.00000140. The van der Waals surface area contributed by atoms with E-state index in [0.29, 0.717) is 0 Å². The Morgan fingerprint density at radius 1 is 0.340 bits per heavy atom.